The number of halogens is 3. The van der Waals surface area contributed by atoms with E-state index in [0.717, 1.165) is 27.6 Å². The highest BCUT2D eigenvalue weighted by atomic mass is 79.9. The lowest BCUT2D eigenvalue weighted by Crippen LogP contribution is -2.30. The number of hydrogen-bond donors (Lipinski definition) is 1. The molecule has 0 spiro atoms. The van der Waals surface area contributed by atoms with Gasteiger partial charge in [0, 0.05) is 16.1 Å². The largest absolute Gasteiger partial charge is 0.507 e. The van der Waals surface area contributed by atoms with Gasteiger partial charge in [-0.2, -0.15) is 0 Å². The van der Waals surface area contributed by atoms with Gasteiger partial charge in [-0.25, -0.2) is 8.78 Å². The second-order valence-corrected chi connectivity index (χ2v) is 7.64. The van der Waals surface area contributed by atoms with Crippen LogP contribution in [0.15, 0.2) is 69.1 Å². The van der Waals surface area contributed by atoms with Crippen LogP contribution in [-0.4, -0.2) is 16.8 Å². The normalized spacial score (nSPS) is 18.3. The SMILES string of the molecule is Cc1ccc(C2/C(=C(/O)c3ccc(Br)cc3)C(=O)C(=O)N2c2cc(F)ccc2F)o1. The van der Waals surface area contributed by atoms with Crippen LogP contribution in [0.4, 0.5) is 14.5 Å². The van der Waals surface area contributed by atoms with Gasteiger partial charge in [0.25, 0.3) is 11.7 Å². The van der Waals surface area contributed by atoms with E-state index in [1.807, 2.05) is 0 Å². The average molecular weight is 474 g/mol. The van der Waals surface area contributed by atoms with Crippen molar-refractivity contribution in [2.45, 2.75) is 13.0 Å². The summed E-state index contributed by atoms with van der Waals surface area (Å²) in [5.41, 5.74) is -0.421. The van der Waals surface area contributed by atoms with Crippen LogP contribution in [0, 0.1) is 18.6 Å². The zero-order valence-electron chi connectivity index (χ0n) is 15.5. The van der Waals surface area contributed by atoms with E-state index in [-0.39, 0.29) is 16.9 Å². The Bertz CT molecular complexity index is 1200. The summed E-state index contributed by atoms with van der Waals surface area (Å²) in [5.74, 6) is -3.63. The van der Waals surface area contributed by atoms with Crippen molar-refractivity contribution in [3.63, 3.8) is 0 Å². The molecule has 1 saturated heterocycles. The van der Waals surface area contributed by atoms with E-state index < -0.39 is 40.8 Å². The maximum Gasteiger partial charge on any atom is 0.300 e. The second kappa shape index (κ2) is 7.53. The molecule has 1 N–H and O–H groups in total. The van der Waals surface area contributed by atoms with Crippen molar-refractivity contribution in [2.24, 2.45) is 0 Å². The Balaban J connectivity index is 1.97. The lowest BCUT2D eigenvalue weighted by molar-refractivity contribution is -0.132. The number of aliphatic hydroxyl groups is 1. The molecule has 1 aromatic heterocycles. The molecule has 0 saturated carbocycles. The van der Waals surface area contributed by atoms with Crippen molar-refractivity contribution in [1.82, 2.24) is 0 Å². The van der Waals surface area contributed by atoms with Crippen LogP contribution in [0.1, 0.15) is 23.1 Å². The Hall–Kier alpha value is -3.26. The highest BCUT2D eigenvalue weighted by Crippen LogP contribution is 2.43. The molecule has 1 aliphatic rings. The number of furan rings is 1. The average Bonchev–Trinajstić information content (AvgIpc) is 3.25. The fourth-order valence-corrected chi connectivity index (χ4v) is 3.65. The Kier molecular flexibility index (Phi) is 5.03. The van der Waals surface area contributed by atoms with Gasteiger partial charge in [-0.15, -0.1) is 0 Å². The molecule has 4 rings (SSSR count). The minimum absolute atomic E-state index is 0.133. The number of nitrogens with zero attached hydrogens (tertiary/aromatic N) is 1. The molecule has 5 nitrogen and oxygen atoms in total. The van der Waals surface area contributed by atoms with Crippen molar-refractivity contribution in [2.75, 3.05) is 4.90 Å². The number of benzene rings is 2. The van der Waals surface area contributed by atoms with Crippen LogP contribution in [-0.2, 0) is 9.59 Å². The summed E-state index contributed by atoms with van der Waals surface area (Å²) in [4.78, 5) is 26.5. The molecule has 1 fully saturated rings. The number of anilines is 1. The number of carbonyl (C=O) groups excluding carboxylic acids is 2. The molecule has 1 amide bonds. The summed E-state index contributed by atoms with van der Waals surface area (Å²) < 4.78 is 34.7. The second-order valence-electron chi connectivity index (χ2n) is 6.72. The van der Waals surface area contributed by atoms with Crippen molar-refractivity contribution in [1.29, 1.82) is 0 Å². The van der Waals surface area contributed by atoms with Crippen LogP contribution >= 0.6 is 15.9 Å². The lowest BCUT2D eigenvalue weighted by Gasteiger charge is -2.23. The zero-order chi connectivity index (χ0) is 21.6. The van der Waals surface area contributed by atoms with Gasteiger partial charge in [0.05, 0.1) is 11.3 Å². The molecule has 0 aliphatic carbocycles. The van der Waals surface area contributed by atoms with Gasteiger partial charge >= 0.3 is 0 Å². The predicted octanol–water partition coefficient (Wildman–Crippen LogP) is 5.26. The lowest BCUT2D eigenvalue weighted by atomic mass is 9.99. The standard InChI is InChI=1S/C22H14BrF2NO4/c1-11-2-9-17(30-11)19-18(20(27)12-3-5-13(23)6-4-12)21(28)22(29)26(19)16-10-14(24)7-8-15(16)25/h2-10,19,27H,1H3/b20-18-. The number of hydrogen-bond acceptors (Lipinski definition) is 4. The van der Waals surface area contributed by atoms with E-state index in [2.05, 4.69) is 15.9 Å². The molecule has 2 aromatic carbocycles. The molecule has 1 aliphatic heterocycles. The van der Waals surface area contributed by atoms with Crippen molar-refractivity contribution in [3.8, 4) is 0 Å². The minimum Gasteiger partial charge on any atom is -0.507 e. The van der Waals surface area contributed by atoms with Gasteiger partial charge in [0.2, 0.25) is 0 Å². The van der Waals surface area contributed by atoms with E-state index in [0.29, 0.717) is 5.76 Å². The van der Waals surface area contributed by atoms with Crippen molar-refractivity contribution < 1.29 is 27.9 Å². The topological polar surface area (TPSA) is 70.8 Å². The summed E-state index contributed by atoms with van der Waals surface area (Å²) in [6.07, 6.45) is 0. The van der Waals surface area contributed by atoms with E-state index in [1.165, 1.54) is 6.07 Å². The number of rotatable bonds is 3. The minimum atomic E-state index is -1.27. The first-order chi connectivity index (χ1) is 14.3. The molecular weight excluding hydrogens is 460 g/mol. The number of amides is 1. The van der Waals surface area contributed by atoms with Gasteiger partial charge in [0.1, 0.15) is 35.0 Å². The van der Waals surface area contributed by atoms with Crippen molar-refractivity contribution >= 4 is 39.1 Å². The van der Waals surface area contributed by atoms with E-state index in [1.54, 1.807) is 37.3 Å². The Labute approximate surface area is 178 Å². The van der Waals surface area contributed by atoms with Crippen molar-refractivity contribution in [3.05, 3.63) is 93.4 Å². The molecule has 2 heterocycles. The van der Waals surface area contributed by atoms with E-state index in [9.17, 15) is 23.5 Å². The fraction of sp³-hybridized carbons (Fsp3) is 0.0909. The highest BCUT2D eigenvalue weighted by Gasteiger charge is 2.49. The summed E-state index contributed by atoms with van der Waals surface area (Å²) >= 11 is 3.29. The molecule has 1 unspecified atom stereocenters. The maximum absolute atomic E-state index is 14.5. The number of ketones is 1. The molecule has 3 aromatic rings. The molecule has 152 valence electrons. The molecule has 0 bridgehead atoms. The molecule has 30 heavy (non-hydrogen) atoms. The number of Topliss-reactive ketones (excluding diaryl/α,β-unsaturated/α-hetero) is 1. The van der Waals surface area contributed by atoms with Crippen LogP contribution < -0.4 is 4.90 Å². The van der Waals surface area contributed by atoms with Crippen LogP contribution in [0.3, 0.4) is 0 Å². The Morgan fingerprint density at radius 1 is 1.07 bits per heavy atom. The van der Waals surface area contributed by atoms with Gasteiger partial charge in [-0.05, 0) is 43.3 Å². The first-order valence-electron chi connectivity index (χ1n) is 8.86. The summed E-state index contributed by atoms with van der Waals surface area (Å²) in [5, 5.41) is 10.9. The number of carbonyl (C=O) groups is 2. The third kappa shape index (κ3) is 3.33. The quantitative estimate of drug-likeness (QED) is 0.320. The monoisotopic (exact) mass is 473 g/mol. The van der Waals surface area contributed by atoms with Crippen LogP contribution in [0.5, 0.6) is 0 Å². The molecule has 8 heteroatoms. The van der Waals surface area contributed by atoms with Gasteiger partial charge < -0.3 is 9.52 Å². The van der Waals surface area contributed by atoms with Crippen LogP contribution in [0.25, 0.3) is 5.76 Å². The Morgan fingerprint density at radius 2 is 1.77 bits per heavy atom. The maximum atomic E-state index is 14.5. The first kappa shape index (κ1) is 20.0. The third-order valence-corrected chi connectivity index (χ3v) is 5.29. The number of aliphatic hydroxyl groups excluding tert-OH is 1. The predicted molar refractivity (Wildman–Crippen MR) is 109 cm³/mol. The molecule has 1 atom stereocenters. The molecular formula is C22H14BrF2NO4. The zero-order valence-corrected chi connectivity index (χ0v) is 17.1. The van der Waals surface area contributed by atoms with E-state index >= 15 is 0 Å². The van der Waals surface area contributed by atoms with Gasteiger partial charge in [-0.1, -0.05) is 28.1 Å². The number of aryl methyl sites for hydroxylation is 1. The third-order valence-electron chi connectivity index (χ3n) is 4.76. The Morgan fingerprint density at radius 3 is 2.40 bits per heavy atom. The molecule has 0 radical (unpaired) electrons. The summed E-state index contributed by atoms with van der Waals surface area (Å²) in [7, 11) is 0. The summed E-state index contributed by atoms with van der Waals surface area (Å²) in [6.45, 7) is 1.66. The van der Waals surface area contributed by atoms with Crippen LogP contribution in [0.2, 0.25) is 0 Å². The first-order valence-corrected chi connectivity index (χ1v) is 9.65. The highest BCUT2D eigenvalue weighted by molar-refractivity contribution is 9.10. The van der Waals surface area contributed by atoms with Gasteiger partial charge in [0.15, 0.2) is 0 Å². The van der Waals surface area contributed by atoms with Gasteiger partial charge in [-0.3, -0.25) is 14.5 Å². The fourth-order valence-electron chi connectivity index (χ4n) is 3.38. The summed E-state index contributed by atoms with van der Waals surface area (Å²) in [6, 6.07) is 10.9. The van der Waals surface area contributed by atoms with E-state index in [4.69, 9.17) is 4.42 Å². The smallest absolute Gasteiger partial charge is 0.300 e.